The topological polar surface area (TPSA) is 209 Å². The summed E-state index contributed by atoms with van der Waals surface area (Å²) in [5.41, 5.74) is -3.62. The molecule has 115 heavy (non-hydrogen) atoms. The zero-order valence-corrected chi connectivity index (χ0v) is 69.5. The first-order valence-corrected chi connectivity index (χ1v) is 38.5. The van der Waals surface area contributed by atoms with Crippen molar-refractivity contribution in [1.29, 1.82) is 0 Å². The third kappa shape index (κ3) is 19.2. The third-order valence-corrected chi connectivity index (χ3v) is 22.5. The van der Waals surface area contributed by atoms with E-state index in [1.54, 1.807) is 43.3 Å². The summed E-state index contributed by atoms with van der Waals surface area (Å²) in [4.78, 5) is 9.51. The molecular weight excluding hydrogens is 1680 g/mol. The van der Waals surface area contributed by atoms with E-state index in [4.69, 9.17) is 76.9 Å². The summed E-state index contributed by atoms with van der Waals surface area (Å²) in [6, 6.07) is 32.0. The van der Waals surface area contributed by atoms with Gasteiger partial charge in [0.25, 0.3) is 0 Å². The number of fused-ring (bicyclic) bond motifs is 3. The van der Waals surface area contributed by atoms with Crippen molar-refractivity contribution < 1.29 is 107 Å². The van der Waals surface area contributed by atoms with E-state index in [9.17, 15) is 61.1 Å². The average Bonchev–Trinajstić information content (AvgIpc) is 1.60. The lowest BCUT2D eigenvalue weighted by Crippen LogP contribution is -2.41. The number of hydrogen-bond acceptors (Lipinski definition) is 14. The van der Waals surface area contributed by atoms with Gasteiger partial charge >= 0.3 is 49.1 Å². The van der Waals surface area contributed by atoms with Gasteiger partial charge < -0.3 is 61.3 Å². The van der Waals surface area contributed by atoms with E-state index in [0.29, 0.717) is 77.3 Å². The van der Waals surface area contributed by atoms with Crippen LogP contribution in [-0.2, 0) is 63.5 Å². The molecule has 19 nitrogen and oxygen atoms in total. The Hall–Kier alpha value is -8.03. The summed E-state index contributed by atoms with van der Waals surface area (Å²) in [7, 11) is -3.07. The fourth-order valence-corrected chi connectivity index (χ4v) is 13.6. The van der Waals surface area contributed by atoms with Gasteiger partial charge in [-0.05, 0) is 187 Å². The van der Waals surface area contributed by atoms with Gasteiger partial charge in [-0.2, -0.15) is 58.1 Å². The normalized spacial score (nSPS) is 16.7. The maximum atomic E-state index is 14.6. The summed E-state index contributed by atoms with van der Waals surface area (Å²) in [6.45, 7) is 27.2. The summed E-state index contributed by atoms with van der Waals surface area (Å²) in [5, 5.41) is 9.94. The van der Waals surface area contributed by atoms with Gasteiger partial charge in [-0.25, -0.2) is 17.9 Å². The van der Waals surface area contributed by atoms with E-state index in [0.717, 1.165) is 37.8 Å². The number of H-pyrrole nitrogens is 3. The number of aromatic amines is 3. The number of methoxy groups -OCH3 is 3. The Balaban J connectivity index is 0.000000154. The molecule has 0 amide bonds. The maximum absolute atomic E-state index is 14.6. The maximum Gasteiger partial charge on any atom is 0.534 e. The predicted molar refractivity (Wildman–Crippen MR) is 422 cm³/mol. The molecule has 0 saturated carbocycles. The Labute approximate surface area is 678 Å². The van der Waals surface area contributed by atoms with Crippen molar-refractivity contribution in [2.24, 2.45) is 0 Å². The Morgan fingerprint density at radius 3 is 1.17 bits per heavy atom. The molecule has 0 radical (unpaired) electrons. The minimum atomic E-state index is -6.04. The van der Waals surface area contributed by atoms with E-state index >= 15 is 0 Å². The Bertz CT molecular complexity index is 5390. The summed E-state index contributed by atoms with van der Waals surface area (Å²) in [6.07, 6.45) is -9.45. The van der Waals surface area contributed by atoms with Crippen molar-refractivity contribution in [3.8, 4) is 68.2 Å². The lowest BCUT2D eigenvalue weighted by molar-refractivity contribution is -0.142. The van der Waals surface area contributed by atoms with E-state index < -0.39 is 95.0 Å². The summed E-state index contributed by atoms with van der Waals surface area (Å²) >= 11 is 22.1. The second kappa shape index (κ2) is 33.1. The number of nitrogens with one attached hydrogen (secondary N) is 3. The number of aryl methyl sites for hydroxylation is 2. The van der Waals surface area contributed by atoms with Crippen LogP contribution in [0.3, 0.4) is 0 Å². The number of halogens is 16. The summed E-state index contributed by atoms with van der Waals surface area (Å²) in [5.74, 6) is -1.49. The van der Waals surface area contributed by atoms with E-state index in [2.05, 4.69) is 45.3 Å². The molecule has 616 valence electrons. The molecule has 3 aliphatic rings. The lowest BCUT2D eigenvalue weighted by Gasteiger charge is -2.32. The van der Waals surface area contributed by atoms with Crippen LogP contribution in [0, 0.1) is 17.5 Å². The van der Waals surface area contributed by atoms with Crippen LogP contribution in [-0.4, -0.2) is 125 Å². The van der Waals surface area contributed by atoms with Crippen molar-refractivity contribution in [2.75, 3.05) is 21.3 Å². The van der Waals surface area contributed by atoms with Gasteiger partial charge in [0.05, 0.1) is 109 Å². The van der Waals surface area contributed by atoms with E-state index in [1.165, 1.54) is 57.2 Å². The van der Waals surface area contributed by atoms with Crippen LogP contribution in [0.5, 0.6) is 23.1 Å². The van der Waals surface area contributed by atoms with E-state index in [-0.39, 0.29) is 57.2 Å². The molecule has 3 saturated heterocycles. The molecule has 0 bridgehead atoms. The molecule has 0 spiro atoms. The zero-order chi connectivity index (χ0) is 85.2. The molecule has 3 fully saturated rings. The number of hydrogen-bond donors (Lipinski definition) is 3. The smallest absolute Gasteiger partial charge is 0.497 e. The fourth-order valence-electron chi connectivity index (χ4n) is 11.9. The van der Waals surface area contributed by atoms with Gasteiger partial charge in [0, 0.05) is 74.7 Å². The molecule has 3 aliphatic heterocycles. The minimum Gasteiger partial charge on any atom is -0.497 e. The molecule has 0 unspecified atom stereocenters. The SMILES string of the molecule is CC1(C)OB(B2OC(C)(C)C(C)(C)O2)OC1(C)C.CCn1nc(C(F)(F)F)cc1-c1ccc2[nH]c(-c3c(F)cc(OC)cc3Cl)cc2c1.CCn1nc(C(F)(F)F)cc1OS(=O)(=O)C(F)(F)F.COc1cc(F)c(-c2cc3cc(B4OC(C)(C)C(C)(C)O4)ccc3[nH]2)c(Cl)c1.COc1cc(F)c(-c2cc3cc(Br)ccc3[nH]2)c(Cl)c1. The lowest BCUT2D eigenvalue weighted by atomic mass is 9.49. The Morgan fingerprint density at radius 2 is 0.809 bits per heavy atom. The van der Waals surface area contributed by atoms with Crippen LogP contribution in [0.4, 0.5) is 52.7 Å². The molecule has 3 N–H and O–H groups in total. The molecular formula is C76H78B3BrCl3F12N7O12S. The third-order valence-electron chi connectivity index (χ3n) is 20.2. The Kier molecular flexibility index (Phi) is 25.7. The van der Waals surface area contributed by atoms with E-state index in [1.807, 2.05) is 132 Å². The first-order valence-electron chi connectivity index (χ1n) is 35.2. The monoisotopic (exact) mass is 1760 g/mol. The number of nitrogens with zero attached hydrogens (tertiary/aromatic N) is 4. The van der Waals surface area contributed by atoms with Crippen LogP contribution in [0.2, 0.25) is 15.1 Å². The second-order valence-electron chi connectivity index (χ2n) is 29.6. The van der Waals surface area contributed by atoms with Gasteiger partial charge in [-0.3, -0.25) is 4.68 Å². The highest BCUT2D eigenvalue weighted by molar-refractivity contribution is 9.10. The highest BCUT2D eigenvalue weighted by atomic mass is 79.9. The van der Waals surface area contributed by atoms with Gasteiger partial charge in [-0.15, -0.1) is 0 Å². The first kappa shape index (κ1) is 89.3. The number of benzene rings is 6. The van der Waals surface area contributed by atoms with Gasteiger partial charge in [-0.1, -0.05) is 68.9 Å². The average molecular weight is 1760 g/mol. The zero-order valence-electron chi connectivity index (χ0n) is 64.8. The molecule has 0 atom stereocenters. The van der Waals surface area contributed by atoms with Crippen LogP contribution in [0.25, 0.3) is 77.7 Å². The van der Waals surface area contributed by atoms with Crippen molar-refractivity contribution in [2.45, 2.75) is 161 Å². The molecule has 39 heteroatoms. The first-order chi connectivity index (χ1) is 53.2. The molecule has 6 aromatic carbocycles. The van der Waals surface area contributed by atoms with Crippen molar-refractivity contribution in [3.63, 3.8) is 0 Å². The molecule has 5 aromatic heterocycles. The molecule has 0 aliphatic carbocycles. The van der Waals surface area contributed by atoms with Gasteiger partial charge in [0.15, 0.2) is 11.4 Å². The number of aromatic nitrogens is 7. The van der Waals surface area contributed by atoms with Crippen molar-refractivity contribution >= 4 is 120 Å². The number of ether oxygens (including phenoxy) is 3. The second-order valence-corrected chi connectivity index (χ2v) is 33.2. The van der Waals surface area contributed by atoms with Crippen LogP contribution >= 0.6 is 50.7 Å². The van der Waals surface area contributed by atoms with Crippen LogP contribution < -0.4 is 23.9 Å². The molecule has 14 rings (SSSR count). The van der Waals surface area contributed by atoms with Gasteiger partial charge in [0.1, 0.15) is 34.7 Å². The fraction of sp³-hybridized carbons (Fsp3) is 0.368. The largest absolute Gasteiger partial charge is 0.534 e. The van der Waals surface area contributed by atoms with Crippen molar-refractivity contribution in [1.82, 2.24) is 34.5 Å². The van der Waals surface area contributed by atoms with Gasteiger partial charge in [0.2, 0.25) is 5.88 Å². The molecule has 11 aromatic rings. The van der Waals surface area contributed by atoms with Crippen LogP contribution in [0.15, 0.2) is 126 Å². The molecule has 8 heterocycles. The highest BCUT2D eigenvalue weighted by Crippen LogP contribution is 2.46. The van der Waals surface area contributed by atoms with Crippen LogP contribution in [0.1, 0.15) is 108 Å². The standard InChI is InChI=1S/C21H22BClFNO3.C21H16ClF4N3O.C15H10BrClFNO.C12H24B2O4.C7H6F6N2O3S/c1-20(2)21(3,4)28-22(27-20)13-6-7-17-12(8-13)9-18(25-17)19-15(23)10-14(26-5)11-16(19)24;1-3-29-18(10-19(28-29)21(24,25)26)11-4-5-16-12(6-11)7-17(27-16)20-14(22)8-13(30-2)9-15(20)23;1-20-10-6-11(17)15(12(18)7-10)14-5-8-4-9(16)2-3-13(8)19-14;1-9(2)10(3,4)16-13(15-9)14-17-11(5,6)12(7,8)18-14;1-2-15-5(3-4(14-15)6(8,9)10)18-19(16,17)7(11,12)13/h6-11,25H,1-5H3;4-10,27H,3H2,1-2H3;2-7,19H,1H3;1-8H3;3H,2H2,1H3. The number of alkyl halides is 9. The van der Waals surface area contributed by atoms with Crippen molar-refractivity contribution in [3.05, 3.63) is 170 Å². The minimum absolute atomic E-state index is 0.0762. The Morgan fingerprint density at radius 1 is 0.461 bits per heavy atom. The summed E-state index contributed by atoms with van der Waals surface area (Å²) < 4.78 is 234. The highest BCUT2D eigenvalue weighted by Gasteiger charge is 2.64. The quantitative estimate of drug-likeness (QED) is 0.0425. The predicted octanol–water partition coefficient (Wildman–Crippen LogP) is 21.3. The number of rotatable bonds is 13.